The first-order chi connectivity index (χ1) is 6.76. The molecule has 2 nitrogen and oxygen atoms in total. The van der Waals surface area contributed by atoms with Crippen LogP contribution in [0.1, 0.15) is 46.0 Å². The maximum atomic E-state index is 5.63. The Morgan fingerprint density at radius 3 is 2.36 bits per heavy atom. The first-order valence-electron chi connectivity index (χ1n) is 5.90. The van der Waals surface area contributed by atoms with Gasteiger partial charge in [-0.25, -0.2) is 0 Å². The van der Waals surface area contributed by atoms with E-state index in [-0.39, 0.29) is 0 Å². The van der Waals surface area contributed by atoms with Crippen LogP contribution in [0.25, 0.3) is 0 Å². The van der Waals surface area contributed by atoms with Crippen molar-refractivity contribution in [3.05, 3.63) is 0 Å². The van der Waals surface area contributed by atoms with Crippen molar-refractivity contribution in [1.29, 1.82) is 0 Å². The Hall–Kier alpha value is -0.0800. The van der Waals surface area contributed by atoms with Crippen LogP contribution in [0.15, 0.2) is 0 Å². The van der Waals surface area contributed by atoms with Crippen LogP contribution in [-0.2, 0) is 9.47 Å². The summed E-state index contributed by atoms with van der Waals surface area (Å²) in [5.41, 5.74) is 0. The van der Waals surface area contributed by atoms with Gasteiger partial charge in [0.05, 0.1) is 12.2 Å². The number of hydrogen-bond donors (Lipinski definition) is 0. The van der Waals surface area contributed by atoms with E-state index in [9.17, 15) is 0 Å². The third-order valence-corrected chi connectivity index (χ3v) is 3.26. The zero-order valence-corrected chi connectivity index (χ0v) is 9.79. The fourth-order valence-electron chi connectivity index (χ4n) is 2.34. The Balaban J connectivity index is 2.15. The van der Waals surface area contributed by atoms with Crippen molar-refractivity contribution in [1.82, 2.24) is 0 Å². The van der Waals surface area contributed by atoms with Crippen molar-refractivity contribution in [3.63, 3.8) is 0 Å². The van der Waals surface area contributed by atoms with E-state index in [1.54, 1.807) is 7.11 Å². The van der Waals surface area contributed by atoms with Crippen LogP contribution in [0.4, 0.5) is 0 Å². The number of hydrogen-bond acceptors (Lipinski definition) is 2. The van der Waals surface area contributed by atoms with E-state index >= 15 is 0 Å². The standard InChI is InChI=1S/C12H24O2/c1-4-14-12-7-5-11(6-8-12)9-10(2)13-3/h10-12H,4-9H2,1-3H3. The summed E-state index contributed by atoms with van der Waals surface area (Å²) in [7, 11) is 1.80. The second-order valence-corrected chi connectivity index (χ2v) is 4.38. The number of ether oxygens (including phenoxy) is 2. The lowest BCUT2D eigenvalue weighted by atomic mass is 9.84. The molecular formula is C12H24O2. The van der Waals surface area contributed by atoms with Gasteiger partial charge in [0, 0.05) is 13.7 Å². The van der Waals surface area contributed by atoms with Crippen molar-refractivity contribution in [3.8, 4) is 0 Å². The molecule has 0 bridgehead atoms. The minimum atomic E-state index is 0.420. The molecule has 0 aromatic heterocycles. The molecule has 0 aromatic carbocycles. The molecule has 1 aliphatic rings. The van der Waals surface area contributed by atoms with E-state index in [4.69, 9.17) is 9.47 Å². The van der Waals surface area contributed by atoms with Gasteiger partial charge in [0.15, 0.2) is 0 Å². The second kappa shape index (κ2) is 6.41. The van der Waals surface area contributed by atoms with E-state index in [1.807, 2.05) is 0 Å². The summed E-state index contributed by atoms with van der Waals surface area (Å²) < 4.78 is 10.9. The van der Waals surface area contributed by atoms with Gasteiger partial charge in [-0.15, -0.1) is 0 Å². The van der Waals surface area contributed by atoms with Crippen molar-refractivity contribution < 1.29 is 9.47 Å². The second-order valence-electron chi connectivity index (χ2n) is 4.38. The van der Waals surface area contributed by atoms with E-state index < -0.39 is 0 Å². The Morgan fingerprint density at radius 1 is 1.21 bits per heavy atom. The Morgan fingerprint density at radius 2 is 1.86 bits per heavy atom. The Kier molecular flexibility index (Phi) is 5.49. The molecule has 14 heavy (non-hydrogen) atoms. The maximum absolute atomic E-state index is 5.63. The number of rotatable bonds is 5. The highest BCUT2D eigenvalue weighted by Gasteiger charge is 2.22. The molecule has 0 spiro atoms. The van der Waals surface area contributed by atoms with E-state index in [2.05, 4.69) is 13.8 Å². The molecule has 0 saturated heterocycles. The summed E-state index contributed by atoms with van der Waals surface area (Å²) >= 11 is 0. The monoisotopic (exact) mass is 200 g/mol. The predicted molar refractivity (Wildman–Crippen MR) is 58.5 cm³/mol. The van der Waals surface area contributed by atoms with Gasteiger partial charge < -0.3 is 9.47 Å². The molecular weight excluding hydrogens is 176 g/mol. The van der Waals surface area contributed by atoms with Crippen LogP contribution in [0, 0.1) is 5.92 Å². The first-order valence-corrected chi connectivity index (χ1v) is 5.90. The zero-order chi connectivity index (χ0) is 10.4. The molecule has 1 saturated carbocycles. The molecule has 0 heterocycles. The third-order valence-electron chi connectivity index (χ3n) is 3.26. The Labute approximate surface area is 88.0 Å². The first kappa shape index (κ1) is 12.0. The SMILES string of the molecule is CCOC1CCC(CC(C)OC)CC1. The molecule has 0 N–H and O–H groups in total. The molecule has 0 aliphatic heterocycles. The summed E-state index contributed by atoms with van der Waals surface area (Å²) in [5.74, 6) is 0.863. The molecule has 1 aliphatic carbocycles. The molecule has 1 fully saturated rings. The smallest absolute Gasteiger partial charge is 0.0575 e. The van der Waals surface area contributed by atoms with E-state index in [0.29, 0.717) is 12.2 Å². The Bertz CT molecular complexity index is 139. The van der Waals surface area contributed by atoms with Crippen LogP contribution in [0.5, 0.6) is 0 Å². The number of methoxy groups -OCH3 is 1. The van der Waals surface area contributed by atoms with Gasteiger partial charge in [-0.3, -0.25) is 0 Å². The van der Waals surface area contributed by atoms with Crippen LogP contribution in [0.2, 0.25) is 0 Å². The van der Waals surface area contributed by atoms with Crippen molar-refractivity contribution >= 4 is 0 Å². The molecule has 1 rings (SSSR count). The molecule has 0 aromatic rings. The summed E-state index contributed by atoms with van der Waals surface area (Å²) in [6.07, 6.45) is 7.30. The largest absolute Gasteiger partial charge is 0.382 e. The lowest BCUT2D eigenvalue weighted by Gasteiger charge is -2.29. The van der Waals surface area contributed by atoms with Gasteiger partial charge in [-0.05, 0) is 51.9 Å². The summed E-state index contributed by atoms with van der Waals surface area (Å²) in [6.45, 7) is 5.11. The van der Waals surface area contributed by atoms with Crippen molar-refractivity contribution in [2.24, 2.45) is 5.92 Å². The molecule has 0 radical (unpaired) electrons. The van der Waals surface area contributed by atoms with Crippen LogP contribution >= 0.6 is 0 Å². The van der Waals surface area contributed by atoms with Crippen LogP contribution < -0.4 is 0 Å². The summed E-state index contributed by atoms with van der Waals surface area (Å²) in [6, 6.07) is 0. The minimum absolute atomic E-state index is 0.420. The maximum Gasteiger partial charge on any atom is 0.0575 e. The lowest BCUT2D eigenvalue weighted by molar-refractivity contribution is 0.0153. The molecule has 84 valence electrons. The topological polar surface area (TPSA) is 18.5 Å². The summed E-state index contributed by atoms with van der Waals surface area (Å²) in [5, 5.41) is 0. The molecule has 1 unspecified atom stereocenters. The van der Waals surface area contributed by atoms with Crippen molar-refractivity contribution in [2.45, 2.75) is 58.2 Å². The van der Waals surface area contributed by atoms with Gasteiger partial charge in [-0.2, -0.15) is 0 Å². The van der Waals surface area contributed by atoms with E-state index in [1.165, 1.54) is 32.1 Å². The van der Waals surface area contributed by atoms with Crippen LogP contribution in [0.3, 0.4) is 0 Å². The van der Waals surface area contributed by atoms with Gasteiger partial charge in [-0.1, -0.05) is 0 Å². The fourth-order valence-corrected chi connectivity index (χ4v) is 2.34. The molecule has 0 amide bonds. The highest BCUT2D eigenvalue weighted by molar-refractivity contribution is 4.74. The average Bonchev–Trinajstić information content (AvgIpc) is 2.21. The van der Waals surface area contributed by atoms with Gasteiger partial charge >= 0.3 is 0 Å². The summed E-state index contributed by atoms with van der Waals surface area (Å²) in [4.78, 5) is 0. The molecule has 1 atom stereocenters. The highest BCUT2D eigenvalue weighted by Crippen LogP contribution is 2.29. The van der Waals surface area contributed by atoms with E-state index in [0.717, 1.165) is 12.5 Å². The van der Waals surface area contributed by atoms with Gasteiger partial charge in [0.25, 0.3) is 0 Å². The predicted octanol–water partition coefficient (Wildman–Crippen LogP) is 3.01. The normalized spacial score (nSPS) is 30.2. The lowest BCUT2D eigenvalue weighted by Crippen LogP contribution is -2.24. The minimum Gasteiger partial charge on any atom is -0.382 e. The van der Waals surface area contributed by atoms with Gasteiger partial charge in [0.1, 0.15) is 0 Å². The van der Waals surface area contributed by atoms with Crippen molar-refractivity contribution in [2.75, 3.05) is 13.7 Å². The highest BCUT2D eigenvalue weighted by atomic mass is 16.5. The van der Waals surface area contributed by atoms with Crippen LogP contribution in [-0.4, -0.2) is 25.9 Å². The average molecular weight is 200 g/mol. The fraction of sp³-hybridized carbons (Fsp3) is 1.00. The molecule has 2 heteroatoms. The zero-order valence-electron chi connectivity index (χ0n) is 9.79. The quantitative estimate of drug-likeness (QED) is 0.679. The third kappa shape index (κ3) is 3.97. The van der Waals surface area contributed by atoms with Gasteiger partial charge in [0.2, 0.25) is 0 Å².